The lowest BCUT2D eigenvalue weighted by Gasteiger charge is -2.37. The maximum Gasteiger partial charge on any atom is 0.227 e. The quantitative estimate of drug-likeness (QED) is 0.839. The third-order valence-corrected chi connectivity index (χ3v) is 7.23. The smallest absolute Gasteiger partial charge is 0.227 e. The second-order valence-corrected chi connectivity index (χ2v) is 8.83. The topological polar surface area (TPSA) is 55.6 Å². The van der Waals surface area contributed by atoms with Crippen molar-refractivity contribution in [1.82, 2.24) is 4.90 Å². The number of amides is 1. The molecule has 1 saturated heterocycles. The van der Waals surface area contributed by atoms with Crippen molar-refractivity contribution in [2.45, 2.75) is 50.9 Å². The predicted octanol–water partition coefficient (Wildman–Crippen LogP) is 3.87. The molecule has 3 fully saturated rings. The molecule has 1 aliphatic heterocycles. The monoisotopic (exact) mass is 396 g/mol. The van der Waals surface area contributed by atoms with Crippen molar-refractivity contribution in [1.29, 1.82) is 0 Å². The van der Waals surface area contributed by atoms with Gasteiger partial charge in [0.2, 0.25) is 5.91 Å². The normalized spacial score (nSPS) is 31.6. The summed E-state index contributed by atoms with van der Waals surface area (Å²) in [7, 11) is 0. The fourth-order valence-corrected chi connectivity index (χ4v) is 5.32. The van der Waals surface area contributed by atoms with Gasteiger partial charge in [0.15, 0.2) is 0 Å². The van der Waals surface area contributed by atoms with Crippen LogP contribution in [0.15, 0.2) is 18.2 Å². The summed E-state index contributed by atoms with van der Waals surface area (Å²) < 4.78 is 6.02. The van der Waals surface area contributed by atoms with E-state index >= 15 is 0 Å². The number of halogens is 2. The van der Waals surface area contributed by atoms with E-state index in [2.05, 4.69) is 0 Å². The molecule has 4 unspecified atom stereocenters. The molecule has 1 heterocycles. The number of piperidine rings is 1. The average Bonchev–Trinajstić information content (AvgIpc) is 3.24. The third kappa shape index (κ3) is 3.62. The van der Waals surface area contributed by atoms with Crippen molar-refractivity contribution in [3.8, 4) is 0 Å². The summed E-state index contributed by atoms with van der Waals surface area (Å²) in [5, 5.41) is 1.11. The van der Waals surface area contributed by atoms with Gasteiger partial charge in [0.05, 0.1) is 28.7 Å². The van der Waals surface area contributed by atoms with Gasteiger partial charge >= 0.3 is 0 Å². The molecule has 1 aromatic rings. The van der Waals surface area contributed by atoms with E-state index in [-0.39, 0.29) is 24.0 Å². The van der Waals surface area contributed by atoms with Crippen LogP contribution in [0.5, 0.6) is 0 Å². The molecule has 0 spiro atoms. The second-order valence-electron chi connectivity index (χ2n) is 8.02. The first kappa shape index (κ1) is 18.5. The number of rotatable bonds is 4. The number of hydrogen-bond donors (Lipinski definition) is 1. The zero-order valence-electron chi connectivity index (χ0n) is 14.9. The molecule has 0 radical (unpaired) electrons. The predicted molar refractivity (Wildman–Crippen MR) is 103 cm³/mol. The highest BCUT2D eigenvalue weighted by Gasteiger charge is 2.50. The summed E-state index contributed by atoms with van der Waals surface area (Å²) in [4.78, 5) is 15.0. The molecule has 0 aromatic heterocycles. The SMILES string of the molecule is NC1C2CCC(C2)C1C(=O)N1CCC(OCc2ccc(Cl)c(Cl)c2)CC1. The Bertz CT molecular complexity index is 674. The average molecular weight is 397 g/mol. The van der Waals surface area contributed by atoms with Crippen molar-refractivity contribution in [2.75, 3.05) is 13.1 Å². The fourth-order valence-electron chi connectivity index (χ4n) is 5.00. The van der Waals surface area contributed by atoms with Gasteiger partial charge in [-0.05, 0) is 61.6 Å². The van der Waals surface area contributed by atoms with Crippen molar-refractivity contribution < 1.29 is 9.53 Å². The molecule has 1 aromatic carbocycles. The molecule has 3 aliphatic rings. The summed E-state index contributed by atoms with van der Waals surface area (Å²) in [6, 6.07) is 5.65. The minimum Gasteiger partial charge on any atom is -0.373 e. The van der Waals surface area contributed by atoms with Crippen LogP contribution < -0.4 is 5.73 Å². The van der Waals surface area contributed by atoms with E-state index in [1.54, 1.807) is 6.07 Å². The van der Waals surface area contributed by atoms with Gasteiger partial charge < -0.3 is 15.4 Å². The van der Waals surface area contributed by atoms with Crippen LogP contribution in [0.25, 0.3) is 0 Å². The highest BCUT2D eigenvalue weighted by molar-refractivity contribution is 6.42. The highest BCUT2D eigenvalue weighted by Crippen LogP contribution is 2.48. The molecule has 4 nitrogen and oxygen atoms in total. The molecule has 4 rings (SSSR count). The van der Waals surface area contributed by atoms with Gasteiger partial charge in [0.1, 0.15) is 0 Å². The van der Waals surface area contributed by atoms with Gasteiger partial charge in [-0.25, -0.2) is 0 Å². The Hall–Kier alpha value is -0.810. The Kier molecular flexibility index (Phi) is 5.47. The van der Waals surface area contributed by atoms with E-state index in [0.717, 1.165) is 37.9 Å². The molecular formula is C20H26Cl2N2O2. The number of hydrogen-bond acceptors (Lipinski definition) is 3. The molecule has 142 valence electrons. The number of carbonyl (C=O) groups is 1. The molecule has 4 atom stereocenters. The van der Waals surface area contributed by atoms with E-state index < -0.39 is 0 Å². The van der Waals surface area contributed by atoms with E-state index in [4.69, 9.17) is 33.7 Å². The van der Waals surface area contributed by atoms with Crippen LogP contribution in [-0.4, -0.2) is 36.0 Å². The Labute approximate surface area is 165 Å². The Morgan fingerprint density at radius 3 is 2.50 bits per heavy atom. The number of likely N-dealkylation sites (tertiary alicyclic amines) is 1. The van der Waals surface area contributed by atoms with E-state index in [9.17, 15) is 4.79 Å². The van der Waals surface area contributed by atoms with Crippen LogP contribution in [-0.2, 0) is 16.1 Å². The van der Waals surface area contributed by atoms with Crippen LogP contribution in [0.2, 0.25) is 10.0 Å². The second kappa shape index (κ2) is 7.67. The minimum atomic E-state index is 0.0578. The van der Waals surface area contributed by atoms with Crippen LogP contribution in [0.4, 0.5) is 0 Å². The lowest BCUT2D eigenvalue weighted by molar-refractivity contribution is -0.140. The molecule has 26 heavy (non-hydrogen) atoms. The maximum atomic E-state index is 12.9. The van der Waals surface area contributed by atoms with Crippen molar-refractivity contribution in [2.24, 2.45) is 23.5 Å². The van der Waals surface area contributed by atoms with Crippen molar-refractivity contribution in [3.63, 3.8) is 0 Å². The molecule has 6 heteroatoms. The summed E-state index contributed by atoms with van der Waals surface area (Å²) in [6.45, 7) is 2.06. The first-order valence-electron chi connectivity index (χ1n) is 9.63. The van der Waals surface area contributed by atoms with Gasteiger partial charge in [-0.15, -0.1) is 0 Å². The van der Waals surface area contributed by atoms with Gasteiger partial charge in [-0.3, -0.25) is 4.79 Å². The first-order chi connectivity index (χ1) is 12.5. The lowest BCUT2D eigenvalue weighted by Crippen LogP contribution is -2.50. The highest BCUT2D eigenvalue weighted by atomic mass is 35.5. The molecule has 2 saturated carbocycles. The van der Waals surface area contributed by atoms with E-state index in [0.29, 0.717) is 28.5 Å². The Morgan fingerprint density at radius 2 is 1.85 bits per heavy atom. The van der Waals surface area contributed by atoms with E-state index in [1.807, 2.05) is 17.0 Å². The third-order valence-electron chi connectivity index (χ3n) is 6.49. The van der Waals surface area contributed by atoms with Gasteiger partial charge in [-0.1, -0.05) is 29.3 Å². The number of nitrogens with zero attached hydrogens (tertiary/aromatic N) is 1. The molecule has 2 N–H and O–H groups in total. The Balaban J connectivity index is 1.26. The summed E-state index contributed by atoms with van der Waals surface area (Å²) in [5.74, 6) is 1.43. The van der Waals surface area contributed by atoms with Crippen LogP contribution in [0.1, 0.15) is 37.7 Å². The summed E-state index contributed by atoms with van der Waals surface area (Å²) in [5.41, 5.74) is 7.36. The summed E-state index contributed by atoms with van der Waals surface area (Å²) >= 11 is 12.0. The zero-order chi connectivity index (χ0) is 18.3. The fraction of sp³-hybridized carbons (Fsp3) is 0.650. The lowest BCUT2D eigenvalue weighted by atomic mass is 9.83. The van der Waals surface area contributed by atoms with Crippen LogP contribution in [0.3, 0.4) is 0 Å². The maximum absolute atomic E-state index is 12.9. The number of benzene rings is 1. The molecule has 1 amide bonds. The Morgan fingerprint density at radius 1 is 1.12 bits per heavy atom. The van der Waals surface area contributed by atoms with Crippen molar-refractivity contribution >= 4 is 29.1 Å². The van der Waals surface area contributed by atoms with Gasteiger partial charge in [0.25, 0.3) is 0 Å². The standard InChI is InChI=1S/C20H26Cl2N2O2/c21-16-4-1-12(9-17(16)22)11-26-15-5-7-24(8-6-15)20(25)18-13-2-3-14(10-13)19(18)23/h1,4,9,13-15,18-19H,2-3,5-8,10-11,23H2. The number of fused-ring (bicyclic) bond motifs is 2. The molecule has 2 aliphatic carbocycles. The van der Waals surface area contributed by atoms with Gasteiger partial charge in [-0.2, -0.15) is 0 Å². The minimum absolute atomic E-state index is 0.0578. The number of ether oxygens (including phenoxy) is 1. The number of carbonyl (C=O) groups excluding carboxylic acids is 1. The van der Waals surface area contributed by atoms with Crippen LogP contribution in [0, 0.1) is 17.8 Å². The number of nitrogens with two attached hydrogens (primary N) is 1. The van der Waals surface area contributed by atoms with E-state index in [1.165, 1.54) is 12.8 Å². The van der Waals surface area contributed by atoms with Gasteiger partial charge in [0, 0.05) is 19.1 Å². The molecular weight excluding hydrogens is 371 g/mol. The zero-order valence-corrected chi connectivity index (χ0v) is 16.4. The first-order valence-corrected chi connectivity index (χ1v) is 10.4. The van der Waals surface area contributed by atoms with Crippen molar-refractivity contribution in [3.05, 3.63) is 33.8 Å². The summed E-state index contributed by atoms with van der Waals surface area (Å²) in [6.07, 6.45) is 5.48. The largest absolute Gasteiger partial charge is 0.373 e. The van der Waals surface area contributed by atoms with Crippen LogP contribution >= 0.6 is 23.2 Å². The molecule has 2 bridgehead atoms.